The van der Waals surface area contributed by atoms with Crippen LogP contribution in [0.1, 0.15) is 50.1 Å². The van der Waals surface area contributed by atoms with Crippen molar-refractivity contribution >= 4 is 0 Å². The minimum absolute atomic E-state index is 0.0556. The molecule has 19 heavy (non-hydrogen) atoms. The highest BCUT2D eigenvalue weighted by Gasteiger charge is 2.28. The molecule has 0 saturated heterocycles. The molecule has 1 aliphatic carbocycles. The summed E-state index contributed by atoms with van der Waals surface area (Å²) in [5, 5.41) is 23.4. The van der Waals surface area contributed by atoms with Gasteiger partial charge >= 0.3 is 0 Å². The van der Waals surface area contributed by atoms with Crippen molar-refractivity contribution in [2.45, 2.75) is 50.2 Å². The van der Waals surface area contributed by atoms with Gasteiger partial charge in [0.15, 0.2) is 0 Å². The van der Waals surface area contributed by atoms with Gasteiger partial charge in [-0.05, 0) is 18.4 Å². The van der Waals surface area contributed by atoms with Gasteiger partial charge < -0.3 is 15.5 Å². The first kappa shape index (κ1) is 14.5. The number of hydrogen-bond acceptors (Lipinski definition) is 3. The first-order valence-electron chi connectivity index (χ1n) is 7.35. The Hall–Kier alpha value is -0.900. The van der Waals surface area contributed by atoms with Crippen LogP contribution in [0.25, 0.3) is 0 Å². The van der Waals surface area contributed by atoms with Crippen LogP contribution in [0.4, 0.5) is 0 Å². The van der Waals surface area contributed by atoms with Crippen LogP contribution >= 0.6 is 0 Å². The molecule has 0 spiro atoms. The Kier molecular flexibility index (Phi) is 5.37. The summed E-state index contributed by atoms with van der Waals surface area (Å²) in [5.74, 6) is 0. The van der Waals surface area contributed by atoms with Gasteiger partial charge in [0.1, 0.15) is 0 Å². The molecule has 106 valence electrons. The summed E-state index contributed by atoms with van der Waals surface area (Å²) in [4.78, 5) is 0. The molecule has 0 bridgehead atoms. The highest BCUT2D eigenvalue weighted by Crippen LogP contribution is 2.27. The number of aliphatic hydroxyl groups excluding tert-OH is 1. The maximum Gasteiger partial charge on any atom is 0.0771 e. The molecule has 0 amide bonds. The Balaban J connectivity index is 1.92. The van der Waals surface area contributed by atoms with E-state index >= 15 is 0 Å². The second-order valence-electron chi connectivity index (χ2n) is 5.67. The van der Waals surface area contributed by atoms with Gasteiger partial charge in [0.25, 0.3) is 0 Å². The smallest absolute Gasteiger partial charge is 0.0771 e. The Bertz CT molecular complexity index is 358. The molecule has 1 aliphatic rings. The van der Waals surface area contributed by atoms with E-state index in [1.807, 2.05) is 30.3 Å². The molecule has 0 heterocycles. The van der Waals surface area contributed by atoms with E-state index in [0.29, 0.717) is 6.54 Å². The third kappa shape index (κ3) is 4.30. The molecule has 1 atom stereocenters. The third-order valence-electron chi connectivity index (χ3n) is 4.10. The average Bonchev–Trinajstić information content (AvgIpc) is 2.66. The SMILES string of the molecule is OCC(NCC1(O)CCCCCC1)c1ccccc1. The minimum Gasteiger partial charge on any atom is -0.394 e. The van der Waals surface area contributed by atoms with Gasteiger partial charge in [-0.15, -0.1) is 0 Å². The predicted octanol–water partition coefficient (Wildman–Crippen LogP) is 2.39. The monoisotopic (exact) mass is 263 g/mol. The van der Waals surface area contributed by atoms with Crippen LogP contribution in [-0.4, -0.2) is 29.0 Å². The molecule has 1 aromatic carbocycles. The first-order chi connectivity index (χ1) is 9.23. The van der Waals surface area contributed by atoms with E-state index in [4.69, 9.17) is 0 Å². The lowest BCUT2D eigenvalue weighted by Crippen LogP contribution is -2.42. The van der Waals surface area contributed by atoms with Gasteiger partial charge in [0, 0.05) is 6.54 Å². The minimum atomic E-state index is -0.599. The van der Waals surface area contributed by atoms with Gasteiger partial charge in [0.05, 0.1) is 18.2 Å². The molecule has 1 aromatic rings. The maximum atomic E-state index is 10.6. The molecule has 1 fully saturated rings. The summed E-state index contributed by atoms with van der Waals surface area (Å²) < 4.78 is 0. The van der Waals surface area contributed by atoms with E-state index < -0.39 is 5.60 Å². The van der Waals surface area contributed by atoms with Gasteiger partial charge in [-0.2, -0.15) is 0 Å². The molecule has 0 aliphatic heterocycles. The molecule has 3 heteroatoms. The molecular formula is C16H25NO2. The van der Waals surface area contributed by atoms with Crippen LogP contribution in [0.2, 0.25) is 0 Å². The highest BCUT2D eigenvalue weighted by molar-refractivity contribution is 5.19. The van der Waals surface area contributed by atoms with Crippen molar-refractivity contribution in [3.63, 3.8) is 0 Å². The lowest BCUT2D eigenvalue weighted by Gasteiger charge is -2.29. The average molecular weight is 263 g/mol. The lowest BCUT2D eigenvalue weighted by atomic mass is 9.94. The third-order valence-corrected chi connectivity index (χ3v) is 4.10. The second kappa shape index (κ2) is 7.04. The van der Waals surface area contributed by atoms with Crippen molar-refractivity contribution in [1.82, 2.24) is 5.32 Å². The van der Waals surface area contributed by atoms with Crippen molar-refractivity contribution in [1.29, 1.82) is 0 Å². The fourth-order valence-corrected chi connectivity index (χ4v) is 2.85. The van der Waals surface area contributed by atoms with E-state index in [9.17, 15) is 10.2 Å². The van der Waals surface area contributed by atoms with E-state index in [2.05, 4.69) is 5.32 Å². The van der Waals surface area contributed by atoms with Crippen LogP contribution in [-0.2, 0) is 0 Å². The number of hydrogen-bond donors (Lipinski definition) is 3. The fourth-order valence-electron chi connectivity index (χ4n) is 2.85. The summed E-state index contributed by atoms with van der Waals surface area (Å²) in [6.07, 6.45) is 6.40. The zero-order valence-corrected chi connectivity index (χ0v) is 11.5. The van der Waals surface area contributed by atoms with Gasteiger partial charge in [-0.3, -0.25) is 0 Å². The zero-order chi connectivity index (χ0) is 13.6. The summed E-state index contributed by atoms with van der Waals surface area (Å²) in [6, 6.07) is 9.83. The predicted molar refractivity (Wildman–Crippen MR) is 76.9 cm³/mol. The largest absolute Gasteiger partial charge is 0.394 e. The Morgan fingerprint density at radius 2 is 1.68 bits per heavy atom. The Labute approximate surface area is 115 Å². The number of benzene rings is 1. The topological polar surface area (TPSA) is 52.5 Å². The van der Waals surface area contributed by atoms with Crippen molar-refractivity contribution in [3.8, 4) is 0 Å². The molecular weight excluding hydrogens is 238 g/mol. The Morgan fingerprint density at radius 1 is 1.05 bits per heavy atom. The highest BCUT2D eigenvalue weighted by atomic mass is 16.3. The molecule has 1 unspecified atom stereocenters. The van der Waals surface area contributed by atoms with E-state index in [-0.39, 0.29) is 12.6 Å². The van der Waals surface area contributed by atoms with Crippen LogP contribution in [0.5, 0.6) is 0 Å². The lowest BCUT2D eigenvalue weighted by molar-refractivity contribution is 0.0207. The fraction of sp³-hybridized carbons (Fsp3) is 0.625. The van der Waals surface area contributed by atoms with Crippen LogP contribution in [0.15, 0.2) is 30.3 Å². The van der Waals surface area contributed by atoms with E-state index in [0.717, 1.165) is 31.2 Å². The molecule has 0 radical (unpaired) electrons. The number of nitrogens with one attached hydrogen (secondary N) is 1. The van der Waals surface area contributed by atoms with Gasteiger partial charge in [-0.1, -0.05) is 56.0 Å². The molecule has 1 saturated carbocycles. The van der Waals surface area contributed by atoms with Crippen molar-refractivity contribution < 1.29 is 10.2 Å². The van der Waals surface area contributed by atoms with E-state index in [1.54, 1.807) is 0 Å². The molecule has 3 N–H and O–H groups in total. The summed E-state index contributed by atoms with van der Waals surface area (Å²) in [6.45, 7) is 0.618. The maximum absolute atomic E-state index is 10.6. The second-order valence-corrected chi connectivity index (χ2v) is 5.67. The van der Waals surface area contributed by atoms with Gasteiger partial charge in [0.2, 0.25) is 0 Å². The van der Waals surface area contributed by atoms with Crippen LogP contribution in [0.3, 0.4) is 0 Å². The molecule has 3 nitrogen and oxygen atoms in total. The quantitative estimate of drug-likeness (QED) is 0.715. The van der Waals surface area contributed by atoms with Crippen LogP contribution in [0, 0.1) is 0 Å². The summed E-state index contributed by atoms with van der Waals surface area (Å²) in [7, 11) is 0. The van der Waals surface area contributed by atoms with Gasteiger partial charge in [-0.25, -0.2) is 0 Å². The normalized spacial score (nSPS) is 20.7. The van der Waals surface area contributed by atoms with E-state index in [1.165, 1.54) is 12.8 Å². The number of aliphatic hydroxyl groups is 2. The van der Waals surface area contributed by atoms with Crippen LogP contribution < -0.4 is 5.32 Å². The van der Waals surface area contributed by atoms with Crippen molar-refractivity contribution in [2.24, 2.45) is 0 Å². The summed E-state index contributed by atoms with van der Waals surface area (Å²) in [5.41, 5.74) is 0.473. The standard InChI is InChI=1S/C16H25NO2/c18-12-15(14-8-4-3-5-9-14)17-13-16(19)10-6-1-2-7-11-16/h3-5,8-9,15,17-19H,1-2,6-7,10-13H2. The summed E-state index contributed by atoms with van der Waals surface area (Å²) >= 11 is 0. The van der Waals surface area contributed by atoms with Crippen molar-refractivity contribution in [2.75, 3.05) is 13.2 Å². The first-order valence-corrected chi connectivity index (χ1v) is 7.35. The Morgan fingerprint density at radius 3 is 2.26 bits per heavy atom. The zero-order valence-electron chi connectivity index (χ0n) is 11.5. The molecule has 2 rings (SSSR count). The van der Waals surface area contributed by atoms with Crippen molar-refractivity contribution in [3.05, 3.63) is 35.9 Å². The molecule has 0 aromatic heterocycles. The number of rotatable bonds is 5.